The van der Waals surface area contributed by atoms with Gasteiger partial charge in [-0.2, -0.15) is 4.73 Å². The van der Waals surface area contributed by atoms with Crippen LogP contribution >= 0.6 is 35.0 Å². The molecular weight excluding hydrogens is 567 g/mol. The summed E-state index contributed by atoms with van der Waals surface area (Å²) in [6.45, 7) is 1.68. The van der Waals surface area contributed by atoms with Gasteiger partial charge in [0.2, 0.25) is 0 Å². The van der Waals surface area contributed by atoms with Crippen LogP contribution in [-0.4, -0.2) is 64.2 Å². The van der Waals surface area contributed by atoms with E-state index in [4.69, 9.17) is 47.1 Å². The van der Waals surface area contributed by atoms with Crippen LogP contribution in [0.4, 0.5) is 0 Å². The lowest BCUT2D eigenvalue weighted by atomic mass is 10.1. The molecule has 39 heavy (non-hydrogen) atoms. The molecular formula is C26H24Cl2N4O6S. The largest absolute Gasteiger partial charge is 0.482 e. The number of halogens is 2. The number of thioether (sulfide) groups is 1. The summed E-state index contributed by atoms with van der Waals surface area (Å²) in [7, 11) is 1.52. The molecule has 0 atom stereocenters. The molecule has 0 bridgehead atoms. The minimum atomic E-state index is -0.528. The van der Waals surface area contributed by atoms with E-state index in [-0.39, 0.29) is 47.2 Å². The summed E-state index contributed by atoms with van der Waals surface area (Å²) in [4.78, 5) is 25.2. The highest BCUT2D eigenvalue weighted by molar-refractivity contribution is 7.98. The van der Waals surface area contributed by atoms with E-state index >= 15 is 0 Å². The Bertz CT molecular complexity index is 1460. The Hall–Kier alpha value is -3.51. The van der Waals surface area contributed by atoms with E-state index in [9.17, 15) is 10.0 Å². The Kier molecular flexibility index (Phi) is 9.52. The van der Waals surface area contributed by atoms with Gasteiger partial charge in [-0.25, -0.2) is 19.7 Å². The quantitative estimate of drug-likeness (QED) is 0.0747. The van der Waals surface area contributed by atoms with Gasteiger partial charge in [0.25, 0.3) is 0 Å². The van der Waals surface area contributed by atoms with Crippen molar-refractivity contribution in [2.24, 2.45) is 0 Å². The average Bonchev–Trinajstić information content (AvgIpc) is 3.27. The number of rotatable bonds is 11. The predicted molar refractivity (Wildman–Crippen MR) is 148 cm³/mol. The molecule has 204 valence electrons. The molecule has 0 radical (unpaired) electrons. The van der Waals surface area contributed by atoms with Crippen LogP contribution in [0.5, 0.6) is 11.5 Å². The van der Waals surface area contributed by atoms with Gasteiger partial charge in [0, 0.05) is 18.9 Å². The van der Waals surface area contributed by atoms with Gasteiger partial charge in [-0.15, -0.1) is 0 Å². The molecule has 2 heterocycles. The number of methoxy groups -OCH3 is 1. The van der Waals surface area contributed by atoms with Gasteiger partial charge in [0.15, 0.2) is 24.4 Å². The van der Waals surface area contributed by atoms with Crippen molar-refractivity contribution in [2.75, 3.05) is 33.4 Å². The first-order valence-electron chi connectivity index (χ1n) is 11.6. The highest BCUT2D eigenvalue weighted by Gasteiger charge is 2.26. The first-order chi connectivity index (χ1) is 18.9. The zero-order chi connectivity index (χ0) is 27.9. The van der Waals surface area contributed by atoms with Crippen molar-refractivity contribution in [3.05, 3.63) is 58.7 Å². The third-order valence-electron chi connectivity index (χ3n) is 5.27. The first-order valence-corrected chi connectivity index (χ1v) is 13.5. The van der Waals surface area contributed by atoms with E-state index < -0.39 is 5.97 Å². The second-order valence-electron chi connectivity index (χ2n) is 7.81. The van der Waals surface area contributed by atoms with Crippen LogP contribution in [0.15, 0.2) is 53.8 Å². The Labute approximate surface area is 238 Å². The molecule has 0 saturated heterocycles. The standard InChI is InChI=1S/C26H24Cl2N4O6S/c1-4-36-21(33)13-37-17-11-18(27)22(19(28)12-17)25-31-23(20-8-9-29-26(30-20)39-3)24(32(25)34)15-6-5-7-16(10-15)38-14-35-2/h5-12,34H,4,13-14H2,1-3H3. The number of ether oxygens (including phenoxy) is 4. The van der Waals surface area contributed by atoms with Crippen LogP contribution in [-0.2, 0) is 14.3 Å². The van der Waals surface area contributed by atoms with E-state index in [0.29, 0.717) is 33.6 Å². The van der Waals surface area contributed by atoms with E-state index in [1.54, 1.807) is 43.5 Å². The second kappa shape index (κ2) is 13.0. The van der Waals surface area contributed by atoms with Gasteiger partial charge in [0.05, 0.1) is 27.9 Å². The number of nitrogens with zero attached hydrogens (tertiary/aromatic N) is 4. The SMILES string of the molecule is CCOC(=O)COc1cc(Cl)c(-c2nc(-c3ccnc(SC)n3)c(-c3cccc(OCOC)c3)n2O)c(Cl)c1. The van der Waals surface area contributed by atoms with Crippen molar-refractivity contribution >= 4 is 40.9 Å². The lowest BCUT2D eigenvalue weighted by molar-refractivity contribution is -0.145. The zero-order valence-electron chi connectivity index (χ0n) is 21.2. The third-order valence-corrected chi connectivity index (χ3v) is 6.42. The fourth-order valence-corrected chi connectivity index (χ4v) is 4.63. The Morgan fingerprint density at radius 1 is 1.08 bits per heavy atom. The van der Waals surface area contributed by atoms with Crippen molar-refractivity contribution < 1.29 is 28.9 Å². The number of aromatic nitrogens is 4. The highest BCUT2D eigenvalue weighted by Crippen LogP contribution is 2.42. The maximum Gasteiger partial charge on any atom is 0.344 e. The molecule has 10 nitrogen and oxygen atoms in total. The molecule has 13 heteroatoms. The smallest absolute Gasteiger partial charge is 0.344 e. The second-order valence-corrected chi connectivity index (χ2v) is 9.40. The van der Waals surface area contributed by atoms with Gasteiger partial charge in [0.1, 0.15) is 22.9 Å². The molecule has 0 spiro atoms. The number of carbonyl (C=O) groups excluding carboxylic acids is 1. The van der Waals surface area contributed by atoms with Crippen LogP contribution in [0, 0.1) is 0 Å². The maximum atomic E-state index is 11.7. The molecule has 2 aromatic carbocycles. The van der Waals surface area contributed by atoms with Gasteiger partial charge >= 0.3 is 5.97 Å². The number of esters is 1. The summed E-state index contributed by atoms with van der Waals surface area (Å²) < 4.78 is 21.8. The fraction of sp³-hybridized carbons (Fsp3) is 0.231. The summed E-state index contributed by atoms with van der Waals surface area (Å²) >= 11 is 14.6. The molecule has 4 aromatic rings. The summed E-state index contributed by atoms with van der Waals surface area (Å²) in [5.74, 6) is 0.316. The number of imidazole rings is 1. The summed E-state index contributed by atoms with van der Waals surface area (Å²) in [5, 5.41) is 12.3. The van der Waals surface area contributed by atoms with Crippen molar-refractivity contribution in [3.8, 4) is 45.5 Å². The van der Waals surface area contributed by atoms with Gasteiger partial charge in [-0.1, -0.05) is 47.1 Å². The van der Waals surface area contributed by atoms with Crippen molar-refractivity contribution in [1.82, 2.24) is 19.7 Å². The molecule has 0 saturated carbocycles. The van der Waals surface area contributed by atoms with E-state index in [0.717, 1.165) is 4.73 Å². The summed E-state index contributed by atoms with van der Waals surface area (Å²) in [6, 6.07) is 11.7. The van der Waals surface area contributed by atoms with Crippen LogP contribution < -0.4 is 9.47 Å². The van der Waals surface area contributed by atoms with E-state index in [1.165, 1.54) is 31.0 Å². The van der Waals surface area contributed by atoms with Gasteiger partial charge < -0.3 is 24.2 Å². The van der Waals surface area contributed by atoms with Gasteiger partial charge in [-0.3, -0.25) is 0 Å². The van der Waals surface area contributed by atoms with Crippen LogP contribution in [0.1, 0.15) is 6.92 Å². The monoisotopic (exact) mass is 590 g/mol. The molecule has 2 aromatic heterocycles. The minimum Gasteiger partial charge on any atom is -0.482 e. The van der Waals surface area contributed by atoms with Gasteiger partial charge in [-0.05, 0) is 43.5 Å². The Morgan fingerprint density at radius 2 is 1.85 bits per heavy atom. The minimum absolute atomic E-state index is 0.0543. The Balaban J connectivity index is 1.83. The lowest BCUT2D eigenvalue weighted by Gasteiger charge is -2.12. The molecule has 0 aliphatic heterocycles. The number of hydrogen-bond acceptors (Lipinski definition) is 10. The predicted octanol–water partition coefficient (Wildman–Crippen LogP) is 5.86. The van der Waals surface area contributed by atoms with E-state index in [1.807, 2.05) is 6.26 Å². The molecule has 0 aliphatic carbocycles. The number of hydrogen-bond donors (Lipinski definition) is 1. The number of benzene rings is 2. The van der Waals surface area contributed by atoms with Crippen molar-refractivity contribution in [3.63, 3.8) is 0 Å². The third kappa shape index (κ3) is 6.56. The maximum absolute atomic E-state index is 11.7. The fourth-order valence-electron chi connectivity index (χ4n) is 3.63. The molecule has 0 fully saturated rings. The van der Waals surface area contributed by atoms with Crippen LogP contribution in [0.25, 0.3) is 34.0 Å². The highest BCUT2D eigenvalue weighted by atomic mass is 35.5. The zero-order valence-corrected chi connectivity index (χ0v) is 23.5. The lowest BCUT2D eigenvalue weighted by Crippen LogP contribution is -2.14. The molecule has 0 aliphatic rings. The molecule has 1 N–H and O–H groups in total. The van der Waals surface area contributed by atoms with Crippen molar-refractivity contribution in [1.29, 1.82) is 0 Å². The first kappa shape index (κ1) is 28.5. The van der Waals surface area contributed by atoms with Crippen LogP contribution in [0.3, 0.4) is 0 Å². The normalized spacial score (nSPS) is 10.9. The molecule has 4 rings (SSSR count). The Morgan fingerprint density at radius 3 is 2.54 bits per heavy atom. The van der Waals surface area contributed by atoms with Crippen LogP contribution in [0.2, 0.25) is 10.0 Å². The topological polar surface area (TPSA) is 118 Å². The average molecular weight is 591 g/mol. The summed E-state index contributed by atoms with van der Waals surface area (Å²) in [5.41, 5.74) is 2.01. The molecule has 0 amide bonds. The van der Waals surface area contributed by atoms with E-state index in [2.05, 4.69) is 9.97 Å². The van der Waals surface area contributed by atoms with Crippen molar-refractivity contribution in [2.45, 2.75) is 12.1 Å². The number of carbonyl (C=O) groups is 1. The molecule has 0 unspecified atom stereocenters. The summed E-state index contributed by atoms with van der Waals surface area (Å²) in [6.07, 6.45) is 3.47.